The van der Waals surface area contributed by atoms with Crippen molar-refractivity contribution in [2.75, 3.05) is 0 Å². The van der Waals surface area contributed by atoms with E-state index in [0.717, 1.165) is 12.1 Å². The molecule has 0 saturated heterocycles. The molecule has 0 spiro atoms. The summed E-state index contributed by atoms with van der Waals surface area (Å²) in [6.45, 7) is 12.2. The van der Waals surface area contributed by atoms with E-state index in [4.69, 9.17) is 4.43 Å². The molecule has 13 nitrogen and oxygen atoms in total. The lowest BCUT2D eigenvalue weighted by Crippen LogP contribution is -2.37. The highest BCUT2D eigenvalue weighted by Crippen LogP contribution is 2.40. The molecule has 0 aliphatic carbocycles. The van der Waals surface area contributed by atoms with Gasteiger partial charge in [-0.05, 0) is 75.2 Å². The Balaban J connectivity index is 1.76. The molecule has 14 heteroatoms. The molecule has 0 amide bonds. The van der Waals surface area contributed by atoms with Crippen molar-refractivity contribution in [1.82, 2.24) is 0 Å². The third kappa shape index (κ3) is 6.08. The Labute approximate surface area is 264 Å². The van der Waals surface area contributed by atoms with Crippen LogP contribution in [0.5, 0.6) is 0 Å². The maximum Gasteiger partial charge on any atom is 0.279 e. The fraction of sp³-hybridized carbons (Fsp3) is 0.312. The lowest BCUT2D eigenvalue weighted by Gasteiger charge is -2.35. The van der Waals surface area contributed by atoms with E-state index in [1.807, 2.05) is 20.8 Å². The summed E-state index contributed by atoms with van der Waals surface area (Å²) in [6.07, 6.45) is 0.388. The van der Waals surface area contributed by atoms with Crippen molar-refractivity contribution in [3.8, 4) is 0 Å². The van der Waals surface area contributed by atoms with E-state index in [1.54, 1.807) is 12.1 Å². The smallest absolute Gasteiger partial charge is 0.279 e. The summed E-state index contributed by atoms with van der Waals surface area (Å²) in [6, 6.07) is 12.6. The van der Waals surface area contributed by atoms with E-state index in [-0.39, 0.29) is 66.4 Å². The second kappa shape index (κ2) is 11.4. The van der Waals surface area contributed by atoms with Gasteiger partial charge in [0.25, 0.3) is 32.5 Å². The van der Waals surface area contributed by atoms with Crippen LogP contribution in [-0.4, -0.2) is 35.6 Å². The lowest BCUT2D eigenvalue weighted by molar-refractivity contribution is -0.386. The van der Waals surface area contributed by atoms with Crippen molar-refractivity contribution in [2.24, 2.45) is 10.8 Å². The number of nitro benzene ring substituents is 4. The van der Waals surface area contributed by atoms with Gasteiger partial charge >= 0.3 is 0 Å². The molecule has 0 saturated carbocycles. The van der Waals surface area contributed by atoms with E-state index in [2.05, 4.69) is 20.8 Å². The minimum absolute atomic E-state index is 0.0570. The zero-order chi connectivity index (χ0) is 33.9. The quantitative estimate of drug-likeness (QED) is 0.0699. The van der Waals surface area contributed by atoms with Gasteiger partial charge < -0.3 is 4.43 Å². The molecule has 236 valence electrons. The highest BCUT2D eigenvalue weighted by atomic mass is 28.2. The Bertz CT molecular complexity index is 2140. The highest BCUT2D eigenvalue weighted by Gasteiger charge is 2.33. The minimum Gasteiger partial charge on any atom is -0.408 e. The summed E-state index contributed by atoms with van der Waals surface area (Å²) >= 11 is 0. The van der Waals surface area contributed by atoms with Gasteiger partial charge in [0.15, 0.2) is 0 Å². The number of nitrogens with zero attached hydrogens (tertiary/aromatic N) is 4. The molecule has 0 N–H and O–H groups in total. The summed E-state index contributed by atoms with van der Waals surface area (Å²) in [5.41, 5.74) is -1.62. The van der Waals surface area contributed by atoms with Crippen molar-refractivity contribution in [3.63, 3.8) is 0 Å². The van der Waals surface area contributed by atoms with Gasteiger partial charge in [-0.15, -0.1) is 0 Å². The number of nitro groups is 4. The SMILES string of the molecule is CC(C)(C)CC(O[Si]c1cc([N+](=O)[O-])c2cc3cc4cc5c([N+](=O)[O-])ccc([N+](=O)[O-])c5cc4cc3cc2c1[N+](=O)[O-])C(C)(C)C. The summed E-state index contributed by atoms with van der Waals surface area (Å²) < 4.78 is 6.28. The first-order valence-electron chi connectivity index (χ1n) is 14.3. The molecule has 5 aromatic carbocycles. The average Bonchev–Trinajstić information content (AvgIpc) is 2.93. The zero-order valence-corrected chi connectivity index (χ0v) is 26.9. The molecule has 0 heterocycles. The van der Waals surface area contributed by atoms with Crippen LogP contribution in [0.4, 0.5) is 22.7 Å². The Morgan fingerprint density at radius 1 is 0.609 bits per heavy atom. The first-order chi connectivity index (χ1) is 21.4. The summed E-state index contributed by atoms with van der Waals surface area (Å²) in [5.74, 6) is 0. The molecule has 5 rings (SSSR count). The van der Waals surface area contributed by atoms with E-state index in [0.29, 0.717) is 28.0 Å². The predicted octanol–water partition coefficient (Wildman–Crippen LogP) is 8.04. The fourth-order valence-electron chi connectivity index (χ4n) is 5.66. The molecule has 1 unspecified atom stereocenters. The number of non-ortho nitro benzene ring substituents is 3. The standard InChI is InChI=1S/C32H30N4O9Si/c1-31(2,3)16-29(32(4,5)6)45-46-28-15-27(35(41)42)23-13-19-9-17-11-21-22(26(34(39)40)8-7-25(21)33(37)38)12-18(17)10-20(19)14-24(23)30(28)36(43)44/h7-15,29H,16H2,1-6H3. The monoisotopic (exact) mass is 642 g/mol. The topological polar surface area (TPSA) is 182 Å². The summed E-state index contributed by atoms with van der Waals surface area (Å²) in [4.78, 5) is 45.9. The van der Waals surface area contributed by atoms with Gasteiger partial charge in [-0.2, -0.15) is 0 Å². The van der Waals surface area contributed by atoms with Gasteiger partial charge in [0.2, 0.25) is 0 Å². The largest absolute Gasteiger partial charge is 0.408 e. The molecule has 0 fully saturated rings. The molecular formula is C32H30N4O9Si. The number of benzene rings is 5. The normalized spacial score (nSPS) is 13.0. The second-order valence-electron chi connectivity index (χ2n) is 13.6. The molecule has 2 radical (unpaired) electrons. The van der Waals surface area contributed by atoms with Crippen molar-refractivity contribution in [2.45, 2.75) is 54.1 Å². The molecular weight excluding hydrogens is 612 g/mol. The van der Waals surface area contributed by atoms with Crippen LogP contribution < -0.4 is 5.19 Å². The van der Waals surface area contributed by atoms with Crippen LogP contribution in [0, 0.1) is 51.3 Å². The van der Waals surface area contributed by atoms with Gasteiger partial charge in [0.05, 0.1) is 52.5 Å². The van der Waals surface area contributed by atoms with E-state index in [9.17, 15) is 40.5 Å². The first kappa shape index (κ1) is 32.3. The lowest BCUT2D eigenvalue weighted by atomic mass is 9.79. The van der Waals surface area contributed by atoms with Crippen molar-refractivity contribution < 1.29 is 24.1 Å². The Morgan fingerprint density at radius 3 is 1.39 bits per heavy atom. The van der Waals surface area contributed by atoms with Crippen LogP contribution in [0.3, 0.4) is 0 Å². The van der Waals surface area contributed by atoms with Crippen molar-refractivity contribution >= 4 is 80.8 Å². The van der Waals surface area contributed by atoms with Crippen LogP contribution >= 0.6 is 0 Å². The molecule has 0 aliphatic heterocycles. The van der Waals surface area contributed by atoms with E-state index >= 15 is 0 Å². The zero-order valence-electron chi connectivity index (χ0n) is 25.9. The predicted molar refractivity (Wildman–Crippen MR) is 177 cm³/mol. The van der Waals surface area contributed by atoms with Crippen LogP contribution in [0.25, 0.3) is 43.1 Å². The van der Waals surface area contributed by atoms with E-state index < -0.39 is 29.5 Å². The Morgan fingerprint density at radius 2 is 1.02 bits per heavy atom. The number of hydrogen-bond acceptors (Lipinski definition) is 9. The van der Waals surface area contributed by atoms with Gasteiger partial charge in [-0.25, -0.2) is 0 Å². The van der Waals surface area contributed by atoms with Crippen molar-refractivity contribution in [1.29, 1.82) is 0 Å². The van der Waals surface area contributed by atoms with Crippen molar-refractivity contribution in [3.05, 3.63) is 95.1 Å². The van der Waals surface area contributed by atoms with Crippen LogP contribution in [0.15, 0.2) is 54.6 Å². The minimum atomic E-state index is -0.621. The maximum atomic E-state index is 12.5. The Kier molecular flexibility index (Phi) is 7.99. The molecule has 0 bridgehead atoms. The Hall–Kier alpha value is -5.08. The van der Waals surface area contributed by atoms with Gasteiger partial charge in [0, 0.05) is 18.2 Å². The third-order valence-corrected chi connectivity index (χ3v) is 8.94. The molecule has 5 aromatic rings. The summed E-state index contributed by atoms with van der Waals surface area (Å²) in [5, 5.41) is 50.6. The highest BCUT2D eigenvalue weighted by molar-refractivity contribution is 6.50. The second-order valence-corrected chi connectivity index (χ2v) is 14.6. The van der Waals surface area contributed by atoms with Gasteiger partial charge in [-0.3, -0.25) is 40.5 Å². The molecule has 46 heavy (non-hydrogen) atoms. The number of rotatable bonds is 8. The fourth-order valence-corrected chi connectivity index (χ4v) is 6.88. The maximum absolute atomic E-state index is 12.5. The number of hydrogen-bond donors (Lipinski definition) is 0. The van der Waals surface area contributed by atoms with E-state index in [1.165, 1.54) is 30.3 Å². The third-order valence-electron chi connectivity index (χ3n) is 7.93. The van der Waals surface area contributed by atoms with Gasteiger partial charge in [0.1, 0.15) is 0 Å². The molecule has 0 aliphatic rings. The van der Waals surface area contributed by atoms with Crippen LogP contribution in [0.2, 0.25) is 0 Å². The molecule has 0 aromatic heterocycles. The average molecular weight is 643 g/mol. The van der Waals surface area contributed by atoms with Gasteiger partial charge in [-0.1, -0.05) is 41.5 Å². The van der Waals surface area contributed by atoms with Crippen LogP contribution in [0.1, 0.15) is 48.0 Å². The molecule has 1 atom stereocenters. The summed E-state index contributed by atoms with van der Waals surface area (Å²) in [7, 11) is -0.534. The number of fused-ring (bicyclic) bond motifs is 4. The van der Waals surface area contributed by atoms with Crippen LogP contribution in [-0.2, 0) is 4.43 Å². The first-order valence-corrected chi connectivity index (χ1v) is 15.2.